The van der Waals surface area contributed by atoms with Crippen molar-refractivity contribution in [1.29, 1.82) is 5.41 Å². The Kier molecular flexibility index (Phi) is 7.66. The minimum absolute atomic E-state index is 0.0417. The molecule has 0 spiro atoms. The number of nitrogens with one attached hydrogen (secondary N) is 2. The molecular formula is C27H26ClN5O4S. The van der Waals surface area contributed by atoms with Crippen LogP contribution >= 0.6 is 11.6 Å². The SMILES string of the molecule is COc1ccccc1Oc1c(Cl)nc(-c2ccnc(C=N)c2)nc1NS(=O)(=O)c1ccc(C(C)(C)C)cc1. The molecule has 11 heteroatoms. The van der Waals surface area contributed by atoms with Gasteiger partial charge in [0.25, 0.3) is 10.0 Å². The first-order valence-electron chi connectivity index (χ1n) is 11.5. The third-order valence-electron chi connectivity index (χ3n) is 5.55. The van der Waals surface area contributed by atoms with Crippen molar-refractivity contribution in [2.75, 3.05) is 11.8 Å². The van der Waals surface area contributed by atoms with Gasteiger partial charge in [-0.2, -0.15) is 0 Å². The largest absolute Gasteiger partial charge is 0.493 e. The van der Waals surface area contributed by atoms with Crippen LogP contribution in [0.5, 0.6) is 17.2 Å². The van der Waals surface area contributed by atoms with Gasteiger partial charge in [-0.3, -0.25) is 9.71 Å². The van der Waals surface area contributed by atoms with Gasteiger partial charge in [-0.25, -0.2) is 18.4 Å². The van der Waals surface area contributed by atoms with Crippen molar-refractivity contribution in [3.8, 4) is 28.6 Å². The molecule has 0 aliphatic heterocycles. The predicted octanol–water partition coefficient (Wildman–Crippen LogP) is 6.09. The maximum atomic E-state index is 13.4. The van der Waals surface area contributed by atoms with Gasteiger partial charge in [-0.05, 0) is 47.4 Å². The fourth-order valence-electron chi connectivity index (χ4n) is 3.51. The van der Waals surface area contributed by atoms with E-state index < -0.39 is 10.0 Å². The number of sulfonamides is 1. The van der Waals surface area contributed by atoms with Crippen molar-refractivity contribution in [3.05, 3.63) is 83.3 Å². The lowest BCUT2D eigenvalue weighted by atomic mass is 9.87. The molecule has 2 heterocycles. The lowest BCUT2D eigenvalue weighted by Crippen LogP contribution is -2.16. The summed E-state index contributed by atoms with van der Waals surface area (Å²) >= 11 is 6.54. The molecule has 38 heavy (non-hydrogen) atoms. The number of pyridine rings is 1. The fourth-order valence-corrected chi connectivity index (χ4v) is 4.72. The molecule has 9 nitrogen and oxygen atoms in total. The number of ether oxygens (including phenoxy) is 2. The van der Waals surface area contributed by atoms with E-state index in [9.17, 15) is 8.42 Å². The first-order chi connectivity index (χ1) is 18.0. The zero-order valence-corrected chi connectivity index (χ0v) is 22.8. The van der Waals surface area contributed by atoms with Crippen LogP contribution in [-0.4, -0.2) is 36.7 Å². The third kappa shape index (κ3) is 5.92. The molecule has 4 rings (SSSR count). The van der Waals surface area contributed by atoms with Gasteiger partial charge in [-0.15, -0.1) is 0 Å². The smallest absolute Gasteiger partial charge is 0.263 e. The minimum atomic E-state index is -4.09. The lowest BCUT2D eigenvalue weighted by molar-refractivity contribution is 0.378. The Morgan fingerprint density at radius 1 is 1.00 bits per heavy atom. The zero-order chi connectivity index (χ0) is 27.5. The van der Waals surface area contributed by atoms with E-state index in [1.165, 1.54) is 25.4 Å². The van der Waals surface area contributed by atoms with E-state index in [0.29, 0.717) is 22.8 Å². The number of hydrogen-bond donors (Lipinski definition) is 2. The van der Waals surface area contributed by atoms with Crippen LogP contribution in [0.4, 0.5) is 5.82 Å². The highest BCUT2D eigenvalue weighted by Crippen LogP contribution is 2.40. The summed E-state index contributed by atoms with van der Waals surface area (Å²) in [6.45, 7) is 6.14. The lowest BCUT2D eigenvalue weighted by Gasteiger charge is -2.19. The summed E-state index contributed by atoms with van der Waals surface area (Å²) in [5.74, 6) is 0.547. The maximum absolute atomic E-state index is 13.4. The standard InChI is InChI=1S/C27H26ClN5O4S/c1-27(2,3)18-9-11-20(12-10-18)38(34,35)33-26-23(37-22-8-6-5-7-21(22)36-4)24(28)31-25(32-26)17-13-14-30-19(15-17)16-29/h5-16,29H,1-4H3,(H,31,32,33). The summed E-state index contributed by atoms with van der Waals surface area (Å²) in [6, 6.07) is 16.7. The molecule has 196 valence electrons. The highest BCUT2D eigenvalue weighted by Gasteiger charge is 2.24. The Hall–Kier alpha value is -4.02. The van der Waals surface area contributed by atoms with Crippen LogP contribution in [0.2, 0.25) is 5.15 Å². The monoisotopic (exact) mass is 551 g/mol. The Labute approximate surface area is 226 Å². The van der Waals surface area contributed by atoms with Crippen LogP contribution in [-0.2, 0) is 15.4 Å². The molecule has 0 aliphatic carbocycles. The number of para-hydroxylation sites is 2. The van der Waals surface area contributed by atoms with Crippen LogP contribution in [0.15, 0.2) is 71.8 Å². The normalized spacial score (nSPS) is 11.6. The summed E-state index contributed by atoms with van der Waals surface area (Å²) in [4.78, 5) is 12.9. The van der Waals surface area contributed by atoms with Crippen molar-refractivity contribution in [3.63, 3.8) is 0 Å². The van der Waals surface area contributed by atoms with Crippen LogP contribution < -0.4 is 14.2 Å². The highest BCUT2D eigenvalue weighted by molar-refractivity contribution is 7.92. The van der Waals surface area contributed by atoms with E-state index in [4.69, 9.17) is 26.5 Å². The molecule has 0 fully saturated rings. The average molecular weight is 552 g/mol. The van der Waals surface area contributed by atoms with E-state index in [1.807, 2.05) is 20.8 Å². The van der Waals surface area contributed by atoms with Crippen LogP contribution in [0.1, 0.15) is 32.0 Å². The molecular weight excluding hydrogens is 526 g/mol. The molecule has 2 aromatic heterocycles. The molecule has 4 aromatic rings. The number of halogens is 1. The summed E-state index contributed by atoms with van der Waals surface area (Å²) in [5, 5.41) is 7.34. The van der Waals surface area contributed by atoms with Gasteiger partial charge < -0.3 is 14.9 Å². The number of rotatable bonds is 8. The average Bonchev–Trinajstić information content (AvgIpc) is 2.90. The minimum Gasteiger partial charge on any atom is -0.493 e. The molecule has 0 bridgehead atoms. The molecule has 0 saturated heterocycles. The second kappa shape index (κ2) is 10.8. The Balaban J connectivity index is 1.82. The van der Waals surface area contributed by atoms with Gasteiger partial charge in [0.2, 0.25) is 5.75 Å². The van der Waals surface area contributed by atoms with Crippen LogP contribution in [0.25, 0.3) is 11.4 Å². The number of hydrogen-bond acceptors (Lipinski definition) is 8. The summed E-state index contributed by atoms with van der Waals surface area (Å²) in [6.07, 6.45) is 2.57. The topological polar surface area (TPSA) is 127 Å². The highest BCUT2D eigenvalue weighted by atomic mass is 35.5. The van der Waals surface area contributed by atoms with Crippen molar-refractivity contribution in [1.82, 2.24) is 15.0 Å². The van der Waals surface area contributed by atoms with E-state index in [1.54, 1.807) is 48.5 Å². The van der Waals surface area contributed by atoms with Crippen molar-refractivity contribution < 1.29 is 17.9 Å². The first-order valence-corrected chi connectivity index (χ1v) is 13.4. The van der Waals surface area contributed by atoms with E-state index in [2.05, 4.69) is 19.7 Å². The third-order valence-corrected chi connectivity index (χ3v) is 7.17. The van der Waals surface area contributed by atoms with Gasteiger partial charge in [0, 0.05) is 18.0 Å². The Bertz CT molecular complexity index is 1590. The number of aromatic nitrogens is 3. The summed E-state index contributed by atoms with van der Waals surface area (Å²) in [5.41, 5.74) is 1.71. The molecule has 0 amide bonds. The molecule has 0 saturated carbocycles. The number of benzene rings is 2. The van der Waals surface area contributed by atoms with Gasteiger partial charge >= 0.3 is 0 Å². The van der Waals surface area contributed by atoms with Gasteiger partial charge in [0.1, 0.15) is 0 Å². The Morgan fingerprint density at radius 3 is 2.32 bits per heavy atom. The van der Waals surface area contributed by atoms with Gasteiger partial charge in [0.15, 0.2) is 28.3 Å². The van der Waals surface area contributed by atoms with E-state index in [-0.39, 0.29) is 32.9 Å². The zero-order valence-electron chi connectivity index (χ0n) is 21.2. The quantitative estimate of drug-likeness (QED) is 0.200. The summed E-state index contributed by atoms with van der Waals surface area (Å²) in [7, 11) is -2.61. The van der Waals surface area contributed by atoms with Gasteiger partial charge in [0.05, 0.1) is 17.7 Å². The molecule has 0 aliphatic rings. The van der Waals surface area contributed by atoms with Crippen molar-refractivity contribution in [2.45, 2.75) is 31.1 Å². The fraction of sp³-hybridized carbons (Fsp3) is 0.185. The van der Waals surface area contributed by atoms with Crippen LogP contribution in [0, 0.1) is 5.41 Å². The number of methoxy groups -OCH3 is 1. The van der Waals surface area contributed by atoms with E-state index in [0.717, 1.165) is 11.8 Å². The van der Waals surface area contributed by atoms with Crippen molar-refractivity contribution >= 4 is 33.7 Å². The van der Waals surface area contributed by atoms with Crippen molar-refractivity contribution in [2.24, 2.45) is 0 Å². The van der Waals surface area contributed by atoms with Crippen LogP contribution in [0.3, 0.4) is 0 Å². The van der Waals surface area contributed by atoms with Gasteiger partial charge in [-0.1, -0.05) is 56.6 Å². The first kappa shape index (κ1) is 27.0. The second-order valence-electron chi connectivity index (χ2n) is 9.26. The molecule has 0 atom stereocenters. The summed E-state index contributed by atoms with van der Waals surface area (Å²) < 4.78 is 40.7. The van der Waals surface area contributed by atoms with E-state index >= 15 is 0 Å². The number of nitrogens with zero attached hydrogens (tertiary/aromatic N) is 3. The maximum Gasteiger partial charge on any atom is 0.263 e. The molecule has 2 N–H and O–H groups in total. The predicted molar refractivity (Wildman–Crippen MR) is 147 cm³/mol. The molecule has 2 aromatic carbocycles. The number of anilines is 1. The molecule has 0 unspecified atom stereocenters. The molecule has 0 radical (unpaired) electrons. The Morgan fingerprint density at radius 2 is 1.68 bits per heavy atom. The second-order valence-corrected chi connectivity index (χ2v) is 11.3.